The van der Waals surface area contributed by atoms with Gasteiger partial charge in [-0.15, -0.1) is 0 Å². The highest BCUT2D eigenvalue weighted by atomic mass is 16.2. The molecule has 0 aliphatic carbocycles. The summed E-state index contributed by atoms with van der Waals surface area (Å²) < 4.78 is 0. The summed E-state index contributed by atoms with van der Waals surface area (Å²) in [6.45, 7) is 2.20. The Morgan fingerprint density at radius 2 is 1.80 bits per heavy atom. The van der Waals surface area contributed by atoms with Crippen molar-refractivity contribution in [3.8, 4) is 0 Å². The quantitative estimate of drug-likeness (QED) is 0.459. The molecule has 0 saturated heterocycles. The first kappa shape index (κ1) is 9.44. The maximum absolute atomic E-state index is 8.37. The molecule has 58 valence electrons. The molecule has 0 aromatic carbocycles. The molecule has 0 aliphatic heterocycles. The highest BCUT2D eigenvalue weighted by Crippen LogP contribution is 1.96. The Morgan fingerprint density at radius 1 is 1.10 bits per heavy atom. The monoisotopic (exact) mass is 140 g/mol. The molecule has 0 aromatic rings. The van der Waals surface area contributed by atoms with E-state index in [-0.39, 0.29) is 6.61 Å². The average Bonchev–Trinajstić information content (AvgIpc) is 1.97. The molecule has 0 saturated carbocycles. The van der Waals surface area contributed by atoms with Crippen molar-refractivity contribution >= 4 is 0 Å². The predicted octanol–water partition coefficient (Wildman–Crippen LogP) is 2.28. The van der Waals surface area contributed by atoms with E-state index in [0.717, 1.165) is 12.8 Å². The molecule has 0 rings (SSSR count). The number of aliphatic hydroxyl groups excluding tert-OH is 1. The first-order chi connectivity index (χ1) is 4.91. The Balaban J connectivity index is 2.97. The maximum atomic E-state index is 8.37. The van der Waals surface area contributed by atoms with Crippen LogP contribution >= 0.6 is 0 Å². The van der Waals surface area contributed by atoms with E-state index in [1.807, 2.05) is 13.0 Å². The SMILES string of the molecule is C/C=C/CCC/C=C/CO. The molecule has 0 heterocycles. The smallest absolute Gasteiger partial charge is 0.0612 e. The summed E-state index contributed by atoms with van der Waals surface area (Å²) in [6, 6.07) is 0. The largest absolute Gasteiger partial charge is 0.392 e. The minimum Gasteiger partial charge on any atom is -0.392 e. The van der Waals surface area contributed by atoms with E-state index in [2.05, 4.69) is 12.2 Å². The molecule has 0 atom stereocenters. The molecule has 0 unspecified atom stereocenters. The Hall–Kier alpha value is -0.560. The number of rotatable bonds is 5. The molecule has 10 heavy (non-hydrogen) atoms. The molecular formula is C9H16O. The summed E-state index contributed by atoms with van der Waals surface area (Å²) in [5, 5.41) is 8.37. The van der Waals surface area contributed by atoms with Crippen molar-refractivity contribution in [1.82, 2.24) is 0 Å². The lowest BCUT2D eigenvalue weighted by Gasteiger charge is -1.87. The van der Waals surface area contributed by atoms with Crippen molar-refractivity contribution in [2.24, 2.45) is 0 Å². The van der Waals surface area contributed by atoms with Crippen LogP contribution in [0.4, 0.5) is 0 Å². The summed E-state index contributed by atoms with van der Waals surface area (Å²) in [5.41, 5.74) is 0. The Bertz CT molecular complexity index is 103. The van der Waals surface area contributed by atoms with E-state index in [1.165, 1.54) is 6.42 Å². The molecular weight excluding hydrogens is 124 g/mol. The molecule has 0 amide bonds. The van der Waals surface area contributed by atoms with Gasteiger partial charge in [0.2, 0.25) is 0 Å². The van der Waals surface area contributed by atoms with Crippen molar-refractivity contribution in [3.63, 3.8) is 0 Å². The lowest BCUT2D eigenvalue weighted by Crippen LogP contribution is -1.72. The van der Waals surface area contributed by atoms with Gasteiger partial charge in [0.05, 0.1) is 6.61 Å². The highest BCUT2D eigenvalue weighted by molar-refractivity contribution is 4.83. The maximum Gasteiger partial charge on any atom is 0.0612 e. The van der Waals surface area contributed by atoms with Gasteiger partial charge in [-0.1, -0.05) is 24.3 Å². The third-order valence-electron chi connectivity index (χ3n) is 1.25. The summed E-state index contributed by atoms with van der Waals surface area (Å²) in [7, 11) is 0. The molecule has 0 spiro atoms. The summed E-state index contributed by atoms with van der Waals surface area (Å²) in [4.78, 5) is 0. The molecule has 1 heteroatoms. The fraction of sp³-hybridized carbons (Fsp3) is 0.556. The van der Waals surface area contributed by atoms with Crippen LogP contribution in [0.2, 0.25) is 0 Å². The van der Waals surface area contributed by atoms with E-state index in [1.54, 1.807) is 6.08 Å². The molecule has 0 bridgehead atoms. The van der Waals surface area contributed by atoms with Gasteiger partial charge in [0.25, 0.3) is 0 Å². The molecule has 0 radical (unpaired) electrons. The van der Waals surface area contributed by atoms with Crippen molar-refractivity contribution in [3.05, 3.63) is 24.3 Å². The van der Waals surface area contributed by atoms with Crippen molar-refractivity contribution in [1.29, 1.82) is 0 Å². The van der Waals surface area contributed by atoms with Gasteiger partial charge in [-0.25, -0.2) is 0 Å². The standard InChI is InChI=1S/C9H16O/c1-2-3-4-5-6-7-8-9-10/h2-3,7-8,10H,4-6,9H2,1H3/b3-2+,8-7+. The second-order valence-corrected chi connectivity index (χ2v) is 2.15. The van der Waals surface area contributed by atoms with Crippen LogP contribution in [0, 0.1) is 0 Å². The molecule has 0 aromatic heterocycles. The van der Waals surface area contributed by atoms with Gasteiger partial charge >= 0.3 is 0 Å². The average molecular weight is 140 g/mol. The van der Waals surface area contributed by atoms with Crippen LogP contribution in [-0.4, -0.2) is 11.7 Å². The van der Waals surface area contributed by atoms with E-state index in [9.17, 15) is 0 Å². The fourth-order valence-electron chi connectivity index (χ4n) is 0.713. The van der Waals surface area contributed by atoms with Crippen LogP contribution in [0.15, 0.2) is 24.3 Å². The lowest BCUT2D eigenvalue weighted by molar-refractivity contribution is 0.342. The first-order valence-electron chi connectivity index (χ1n) is 3.78. The van der Waals surface area contributed by atoms with Crippen LogP contribution in [0.25, 0.3) is 0 Å². The van der Waals surface area contributed by atoms with Gasteiger partial charge in [-0.05, 0) is 26.2 Å². The summed E-state index contributed by atoms with van der Waals surface area (Å²) in [5.74, 6) is 0. The van der Waals surface area contributed by atoms with Gasteiger partial charge in [0, 0.05) is 0 Å². The van der Waals surface area contributed by atoms with E-state index in [4.69, 9.17) is 5.11 Å². The van der Waals surface area contributed by atoms with E-state index >= 15 is 0 Å². The number of hydrogen-bond donors (Lipinski definition) is 1. The summed E-state index contributed by atoms with van der Waals surface area (Å²) in [6.07, 6.45) is 11.4. The lowest BCUT2D eigenvalue weighted by atomic mass is 10.2. The van der Waals surface area contributed by atoms with Crippen LogP contribution in [0.1, 0.15) is 26.2 Å². The molecule has 0 fully saturated rings. The van der Waals surface area contributed by atoms with E-state index < -0.39 is 0 Å². The van der Waals surface area contributed by atoms with Gasteiger partial charge in [0.1, 0.15) is 0 Å². The van der Waals surface area contributed by atoms with Gasteiger partial charge in [-0.3, -0.25) is 0 Å². The molecule has 0 aliphatic rings. The highest BCUT2D eigenvalue weighted by Gasteiger charge is 1.78. The molecule has 1 nitrogen and oxygen atoms in total. The van der Waals surface area contributed by atoms with Crippen molar-refractivity contribution in [2.75, 3.05) is 6.61 Å². The Labute approximate surface area is 63.1 Å². The van der Waals surface area contributed by atoms with Gasteiger partial charge in [-0.2, -0.15) is 0 Å². The van der Waals surface area contributed by atoms with Crippen LogP contribution in [0.3, 0.4) is 0 Å². The second-order valence-electron chi connectivity index (χ2n) is 2.15. The van der Waals surface area contributed by atoms with Crippen LogP contribution in [-0.2, 0) is 0 Å². The van der Waals surface area contributed by atoms with Gasteiger partial charge < -0.3 is 5.11 Å². The third kappa shape index (κ3) is 7.44. The van der Waals surface area contributed by atoms with Crippen molar-refractivity contribution < 1.29 is 5.11 Å². The van der Waals surface area contributed by atoms with Crippen LogP contribution in [0.5, 0.6) is 0 Å². The summed E-state index contributed by atoms with van der Waals surface area (Å²) >= 11 is 0. The minimum absolute atomic E-state index is 0.170. The van der Waals surface area contributed by atoms with Crippen LogP contribution < -0.4 is 0 Å². The molecule has 1 N–H and O–H groups in total. The normalized spacial score (nSPS) is 11.8. The Morgan fingerprint density at radius 3 is 2.40 bits per heavy atom. The number of unbranched alkanes of at least 4 members (excludes halogenated alkanes) is 2. The number of hydrogen-bond acceptors (Lipinski definition) is 1. The first-order valence-corrected chi connectivity index (χ1v) is 3.78. The number of aliphatic hydroxyl groups is 1. The number of allylic oxidation sites excluding steroid dienone is 3. The van der Waals surface area contributed by atoms with Crippen molar-refractivity contribution in [2.45, 2.75) is 26.2 Å². The zero-order valence-corrected chi connectivity index (χ0v) is 6.59. The van der Waals surface area contributed by atoms with Gasteiger partial charge in [0.15, 0.2) is 0 Å². The Kier molecular flexibility index (Phi) is 7.97. The minimum atomic E-state index is 0.170. The zero-order valence-electron chi connectivity index (χ0n) is 6.59. The topological polar surface area (TPSA) is 20.2 Å². The zero-order chi connectivity index (χ0) is 7.66. The van der Waals surface area contributed by atoms with E-state index in [0.29, 0.717) is 0 Å². The second kappa shape index (κ2) is 8.44. The third-order valence-corrected chi connectivity index (χ3v) is 1.25. The fourth-order valence-corrected chi connectivity index (χ4v) is 0.713. The predicted molar refractivity (Wildman–Crippen MR) is 44.9 cm³/mol.